The Morgan fingerprint density at radius 3 is 2.83 bits per heavy atom. The zero-order valence-electron chi connectivity index (χ0n) is 13.6. The maximum absolute atomic E-state index is 12.5. The molecule has 0 aliphatic heterocycles. The summed E-state index contributed by atoms with van der Waals surface area (Å²) in [5.41, 5.74) is 6.64. The number of aromatic nitrogens is 4. The highest BCUT2D eigenvalue weighted by molar-refractivity contribution is 5.85. The van der Waals surface area contributed by atoms with E-state index in [0.717, 1.165) is 24.9 Å². The van der Waals surface area contributed by atoms with Gasteiger partial charge in [0.05, 0.1) is 11.7 Å². The maximum Gasteiger partial charge on any atom is 0.224 e. The summed E-state index contributed by atoms with van der Waals surface area (Å²) in [6, 6.07) is 9.37. The minimum Gasteiger partial charge on any atom is -0.346 e. The number of halogens is 1. The van der Waals surface area contributed by atoms with Crippen LogP contribution in [0.3, 0.4) is 0 Å². The second-order valence-corrected chi connectivity index (χ2v) is 6.05. The van der Waals surface area contributed by atoms with Gasteiger partial charge in [0.15, 0.2) is 5.82 Å². The fraction of sp³-hybridized carbons (Fsp3) is 0.500. The number of benzene rings is 1. The van der Waals surface area contributed by atoms with E-state index in [1.54, 1.807) is 4.68 Å². The summed E-state index contributed by atoms with van der Waals surface area (Å²) < 4.78 is 1.65. The van der Waals surface area contributed by atoms with Gasteiger partial charge in [-0.2, -0.15) is 4.68 Å². The second kappa shape index (κ2) is 8.21. The molecule has 1 unspecified atom stereocenters. The fourth-order valence-corrected chi connectivity index (χ4v) is 3.27. The quantitative estimate of drug-likeness (QED) is 0.854. The summed E-state index contributed by atoms with van der Waals surface area (Å²) in [5.74, 6) is 0.954. The van der Waals surface area contributed by atoms with Crippen LogP contribution in [0.2, 0.25) is 0 Å². The van der Waals surface area contributed by atoms with E-state index in [4.69, 9.17) is 5.73 Å². The van der Waals surface area contributed by atoms with E-state index in [9.17, 15) is 4.79 Å². The molecular weight excluding hydrogens is 328 g/mol. The Morgan fingerprint density at radius 1 is 1.38 bits per heavy atom. The molecule has 24 heavy (non-hydrogen) atoms. The van der Waals surface area contributed by atoms with Crippen molar-refractivity contribution in [3.05, 3.63) is 36.2 Å². The predicted molar refractivity (Wildman–Crippen MR) is 92.8 cm³/mol. The van der Waals surface area contributed by atoms with E-state index in [0.29, 0.717) is 12.4 Å². The molecule has 1 aliphatic carbocycles. The molecular formula is C16H23ClN6O. The van der Waals surface area contributed by atoms with Crippen molar-refractivity contribution in [2.45, 2.75) is 32.2 Å². The lowest BCUT2D eigenvalue weighted by Gasteiger charge is -2.20. The zero-order chi connectivity index (χ0) is 16.2. The number of amides is 1. The molecule has 3 atom stereocenters. The van der Waals surface area contributed by atoms with Crippen molar-refractivity contribution in [2.75, 3.05) is 6.54 Å². The highest BCUT2D eigenvalue weighted by Gasteiger charge is 2.33. The summed E-state index contributed by atoms with van der Waals surface area (Å²) in [6.45, 7) is 2.46. The third kappa shape index (κ3) is 3.73. The number of nitrogens with one attached hydrogen (secondary N) is 1. The first kappa shape index (κ1) is 18.4. The number of rotatable bonds is 5. The van der Waals surface area contributed by atoms with Crippen LogP contribution in [0.1, 0.15) is 38.1 Å². The summed E-state index contributed by atoms with van der Waals surface area (Å²) in [5, 5.41) is 14.9. The average molecular weight is 351 g/mol. The predicted octanol–water partition coefficient (Wildman–Crippen LogP) is 1.64. The molecule has 7 nitrogen and oxygen atoms in total. The van der Waals surface area contributed by atoms with Crippen molar-refractivity contribution in [3.8, 4) is 5.69 Å². The molecule has 0 spiro atoms. The molecule has 1 heterocycles. The van der Waals surface area contributed by atoms with Crippen molar-refractivity contribution in [2.24, 2.45) is 17.6 Å². The zero-order valence-corrected chi connectivity index (χ0v) is 14.4. The number of nitrogens with zero attached hydrogens (tertiary/aromatic N) is 4. The molecule has 0 saturated heterocycles. The summed E-state index contributed by atoms with van der Waals surface area (Å²) in [7, 11) is 0. The number of carbonyl (C=O) groups excluding carboxylic acids is 1. The van der Waals surface area contributed by atoms with Crippen LogP contribution in [0.4, 0.5) is 0 Å². The van der Waals surface area contributed by atoms with Crippen molar-refractivity contribution in [3.63, 3.8) is 0 Å². The Morgan fingerprint density at radius 2 is 2.12 bits per heavy atom. The molecule has 1 aromatic carbocycles. The van der Waals surface area contributed by atoms with Crippen molar-refractivity contribution < 1.29 is 4.79 Å². The van der Waals surface area contributed by atoms with Gasteiger partial charge in [-0.15, -0.1) is 17.5 Å². The van der Waals surface area contributed by atoms with Gasteiger partial charge in [-0.05, 0) is 54.8 Å². The smallest absolute Gasteiger partial charge is 0.224 e. The Bertz CT molecular complexity index is 662. The van der Waals surface area contributed by atoms with Gasteiger partial charge in [-0.25, -0.2) is 0 Å². The van der Waals surface area contributed by atoms with Gasteiger partial charge in [-0.3, -0.25) is 4.79 Å². The van der Waals surface area contributed by atoms with Crippen LogP contribution in [0.25, 0.3) is 5.69 Å². The van der Waals surface area contributed by atoms with E-state index in [-0.39, 0.29) is 36.2 Å². The first-order valence-corrected chi connectivity index (χ1v) is 8.05. The van der Waals surface area contributed by atoms with Crippen LogP contribution in [0, 0.1) is 11.8 Å². The number of para-hydroxylation sites is 1. The van der Waals surface area contributed by atoms with E-state index in [2.05, 4.69) is 20.8 Å². The first-order valence-electron chi connectivity index (χ1n) is 8.05. The third-order valence-corrected chi connectivity index (χ3v) is 4.54. The van der Waals surface area contributed by atoms with E-state index in [1.165, 1.54) is 0 Å². The molecule has 3 N–H and O–H groups in total. The monoisotopic (exact) mass is 350 g/mol. The SMILES string of the molecule is CC(NC(=O)[C@@H]1CCC[C@@H]1CN)c1nnnn1-c1ccccc1.Cl. The third-order valence-electron chi connectivity index (χ3n) is 4.54. The highest BCUT2D eigenvalue weighted by Crippen LogP contribution is 2.31. The van der Waals surface area contributed by atoms with Gasteiger partial charge in [0.25, 0.3) is 0 Å². The Labute approximate surface area is 147 Å². The lowest BCUT2D eigenvalue weighted by atomic mass is 9.95. The van der Waals surface area contributed by atoms with Crippen molar-refractivity contribution in [1.29, 1.82) is 0 Å². The Hall–Kier alpha value is -1.99. The number of carbonyl (C=O) groups is 1. The van der Waals surface area contributed by atoms with Crippen LogP contribution >= 0.6 is 12.4 Å². The van der Waals surface area contributed by atoms with Crippen molar-refractivity contribution in [1.82, 2.24) is 25.5 Å². The van der Waals surface area contributed by atoms with E-state index >= 15 is 0 Å². The van der Waals surface area contributed by atoms with Crippen LogP contribution < -0.4 is 11.1 Å². The Balaban J connectivity index is 0.00000208. The molecule has 8 heteroatoms. The number of hydrogen-bond acceptors (Lipinski definition) is 5. The largest absolute Gasteiger partial charge is 0.346 e. The van der Waals surface area contributed by atoms with E-state index in [1.807, 2.05) is 37.3 Å². The van der Waals surface area contributed by atoms with E-state index < -0.39 is 0 Å². The maximum atomic E-state index is 12.5. The standard InChI is InChI=1S/C16H22N6O.ClH/c1-11(18-16(23)14-9-5-6-12(14)10-17)15-19-20-21-22(15)13-7-3-2-4-8-13;/h2-4,7-8,11-12,14H,5-6,9-10,17H2,1H3,(H,18,23);1H/t11?,12-,14-;/m1./s1. The molecule has 0 bridgehead atoms. The van der Waals surface area contributed by atoms with Gasteiger partial charge >= 0.3 is 0 Å². The first-order chi connectivity index (χ1) is 11.2. The fourth-order valence-electron chi connectivity index (χ4n) is 3.27. The molecule has 1 fully saturated rings. The topological polar surface area (TPSA) is 98.7 Å². The van der Waals surface area contributed by atoms with Gasteiger partial charge in [-0.1, -0.05) is 24.6 Å². The minimum absolute atomic E-state index is 0. The van der Waals surface area contributed by atoms with Crippen LogP contribution in [-0.4, -0.2) is 32.7 Å². The molecule has 130 valence electrons. The molecule has 1 aromatic heterocycles. The summed E-state index contributed by atoms with van der Waals surface area (Å²) in [4.78, 5) is 12.5. The number of hydrogen-bond donors (Lipinski definition) is 2. The molecule has 3 rings (SSSR count). The number of tetrazole rings is 1. The Kier molecular flexibility index (Phi) is 6.28. The minimum atomic E-state index is -0.267. The van der Waals surface area contributed by atoms with Crippen molar-refractivity contribution >= 4 is 18.3 Å². The molecule has 1 amide bonds. The molecule has 1 aliphatic rings. The normalized spacial score (nSPS) is 21.1. The van der Waals surface area contributed by atoms with Gasteiger partial charge < -0.3 is 11.1 Å². The lowest BCUT2D eigenvalue weighted by molar-refractivity contribution is -0.126. The van der Waals surface area contributed by atoms with Gasteiger partial charge in [0.1, 0.15) is 0 Å². The van der Waals surface area contributed by atoms with Gasteiger partial charge in [0.2, 0.25) is 5.91 Å². The summed E-state index contributed by atoms with van der Waals surface area (Å²) >= 11 is 0. The van der Waals surface area contributed by atoms with Crippen LogP contribution in [0.15, 0.2) is 30.3 Å². The molecule has 1 saturated carbocycles. The highest BCUT2D eigenvalue weighted by atomic mass is 35.5. The van der Waals surface area contributed by atoms with Crippen LogP contribution in [-0.2, 0) is 4.79 Å². The summed E-state index contributed by atoms with van der Waals surface area (Å²) in [6.07, 6.45) is 3.00. The molecule has 0 radical (unpaired) electrons. The van der Waals surface area contributed by atoms with Gasteiger partial charge in [0, 0.05) is 5.92 Å². The van der Waals surface area contributed by atoms with Crippen LogP contribution in [0.5, 0.6) is 0 Å². The lowest BCUT2D eigenvalue weighted by Crippen LogP contribution is -2.37. The molecule has 2 aromatic rings. The average Bonchev–Trinajstić information content (AvgIpc) is 3.24. The second-order valence-electron chi connectivity index (χ2n) is 6.05. The number of nitrogens with two attached hydrogens (primary N) is 1.